The van der Waals surface area contributed by atoms with E-state index in [1.54, 1.807) is 64.5 Å². The van der Waals surface area contributed by atoms with Gasteiger partial charge in [0.05, 0.1) is 49.9 Å². The molecule has 12 rings (SSSR count). The Morgan fingerprint density at radius 3 is 1.51 bits per heavy atom. The van der Waals surface area contributed by atoms with Crippen molar-refractivity contribution < 1.29 is 66.7 Å². The van der Waals surface area contributed by atoms with Crippen LogP contribution in [0.1, 0.15) is 94.8 Å². The number of hydrogen-bond acceptors (Lipinski definition) is 16. The molecule has 23 nitrogen and oxygen atoms in total. The van der Waals surface area contributed by atoms with Gasteiger partial charge in [0.2, 0.25) is 5.91 Å². The number of carbonyl (C=O) groups is 7. The van der Waals surface area contributed by atoms with E-state index in [2.05, 4.69) is 115 Å². The van der Waals surface area contributed by atoms with Crippen LogP contribution in [-0.4, -0.2) is 184 Å². The molecule has 560 valence electrons. The lowest BCUT2D eigenvalue weighted by atomic mass is 9.87. The number of fused-ring (bicyclic) bond motifs is 7. The maximum absolute atomic E-state index is 15.1. The fourth-order valence-corrected chi connectivity index (χ4v) is 16.0. The van der Waals surface area contributed by atoms with E-state index in [9.17, 15) is 28.8 Å². The highest BCUT2D eigenvalue weighted by Gasteiger charge is 2.46. The standard InChI is InChI=1S/C81H99N9O14Si2/c1-51(21-30-63-61-19-14-12-17-59(61)60-18-13-15-20-62(60)63)74(104-81(82)97)76(92)83-52(2)75(91)84-57-26-22-53(23-27-57)55-41-68-79(95)89(49-100-37-39-105(6,7)8)66-45-72(70(98-4)43-64(66)77(93)87(68)47-55)102-35-16-36-103-73-46-67-65(44-71(73)99-5)78(94)88-48-56(42-69(88)80(96)90(67)50-101-38-40-106(9,10)11)54-24-28-58(29-25-54)86-33-31-85(3)32-34-86/h12-15,17-20,22-29,43-48,51-52,63,68-69,74H,16,21,30-42,49-50H2,1-11H3,(H2,82,97)(H,83,92)(H,84,91)/t51?,52-,68-,69-,74-/m0/s1. The minimum absolute atomic E-state index is 0.0674. The summed E-state index contributed by atoms with van der Waals surface area (Å²) in [5.74, 6) is -1.80. The number of piperazine rings is 1. The summed E-state index contributed by atoms with van der Waals surface area (Å²) in [5, 5.41) is 5.58. The highest BCUT2D eigenvalue weighted by atomic mass is 28.3. The van der Waals surface area contributed by atoms with Crippen molar-refractivity contribution in [2.45, 2.75) is 127 Å². The zero-order chi connectivity index (χ0) is 75.3. The van der Waals surface area contributed by atoms with Crippen LogP contribution >= 0.6 is 0 Å². The predicted molar refractivity (Wildman–Crippen MR) is 415 cm³/mol. The Bertz CT molecular complexity index is 4310. The van der Waals surface area contributed by atoms with E-state index in [0.29, 0.717) is 78.6 Å². The molecule has 5 aliphatic heterocycles. The third kappa shape index (κ3) is 17.0. The Balaban J connectivity index is 0.704. The second-order valence-electron chi connectivity index (χ2n) is 30.8. The molecule has 7 amide bonds. The van der Waals surface area contributed by atoms with Crippen molar-refractivity contribution in [2.24, 2.45) is 11.7 Å². The Morgan fingerprint density at radius 2 is 1.05 bits per heavy atom. The second-order valence-corrected chi connectivity index (χ2v) is 42.0. The molecule has 6 aromatic carbocycles. The van der Waals surface area contributed by atoms with Gasteiger partial charge in [-0.2, -0.15) is 0 Å². The van der Waals surface area contributed by atoms with Crippen molar-refractivity contribution >= 4 is 91.6 Å². The molecule has 6 aromatic rings. The summed E-state index contributed by atoms with van der Waals surface area (Å²) in [5.41, 5.74) is 16.2. The van der Waals surface area contributed by atoms with E-state index < -0.39 is 70.1 Å². The van der Waals surface area contributed by atoms with E-state index >= 15 is 4.79 Å². The van der Waals surface area contributed by atoms with E-state index in [1.165, 1.54) is 53.2 Å². The Labute approximate surface area is 622 Å². The number of primary amides is 1. The molecule has 0 bridgehead atoms. The zero-order valence-corrected chi connectivity index (χ0v) is 64.7. The number of nitrogens with zero attached hydrogens (tertiary/aromatic N) is 6. The first-order chi connectivity index (χ1) is 50.8. The van der Waals surface area contributed by atoms with E-state index in [0.717, 1.165) is 55.1 Å². The van der Waals surface area contributed by atoms with Crippen molar-refractivity contribution in [2.75, 3.05) is 107 Å². The topological polar surface area (TPSA) is 254 Å². The number of amides is 7. The molecule has 0 spiro atoms. The number of rotatable bonds is 30. The maximum Gasteiger partial charge on any atom is 0.405 e. The number of hydrogen-bond donors (Lipinski definition) is 3. The second kappa shape index (κ2) is 32.5. The van der Waals surface area contributed by atoms with Crippen LogP contribution in [0, 0.1) is 5.92 Å². The number of methoxy groups -OCH3 is 2. The average Bonchev–Trinajstić information content (AvgIpc) is 1.60. The molecule has 1 unspecified atom stereocenters. The van der Waals surface area contributed by atoms with Crippen LogP contribution in [0.5, 0.6) is 23.0 Å². The van der Waals surface area contributed by atoms with Gasteiger partial charge in [-0.05, 0) is 120 Å². The molecule has 1 aliphatic carbocycles. The number of carbonyl (C=O) groups excluding carboxylic acids is 7. The van der Waals surface area contributed by atoms with Gasteiger partial charge in [-0.1, -0.05) is 119 Å². The lowest BCUT2D eigenvalue weighted by Crippen LogP contribution is -2.49. The molecule has 5 heterocycles. The monoisotopic (exact) mass is 1480 g/mol. The number of anilines is 4. The van der Waals surface area contributed by atoms with Crippen molar-refractivity contribution in [3.63, 3.8) is 0 Å². The van der Waals surface area contributed by atoms with Crippen LogP contribution in [0.2, 0.25) is 51.4 Å². The van der Waals surface area contributed by atoms with Gasteiger partial charge < -0.3 is 69.1 Å². The van der Waals surface area contributed by atoms with Crippen molar-refractivity contribution in [3.8, 4) is 34.1 Å². The van der Waals surface area contributed by atoms with Gasteiger partial charge in [-0.3, -0.25) is 38.6 Å². The molecule has 25 heteroatoms. The molecule has 0 aromatic heterocycles. The number of nitrogens with one attached hydrogen (secondary N) is 2. The molecule has 1 fully saturated rings. The van der Waals surface area contributed by atoms with Gasteiger partial charge in [0.15, 0.2) is 29.1 Å². The molecular weight excluding hydrogens is 1380 g/mol. The molecular formula is C81H99N9O14Si2. The van der Waals surface area contributed by atoms with Crippen LogP contribution in [0.15, 0.2) is 134 Å². The molecule has 6 aliphatic rings. The van der Waals surface area contributed by atoms with Crippen molar-refractivity contribution in [1.29, 1.82) is 0 Å². The van der Waals surface area contributed by atoms with Gasteiger partial charge in [0, 0.05) is 123 Å². The maximum atomic E-state index is 15.1. The highest BCUT2D eigenvalue weighted by molar-refractivity contribution is 6.76. The van der Waals surface area contributed by atoms with Crippen LogP contribution in [0.25, 0.3) is 22.3 Å². The van der Waals surface area contributed by atoms with Crippen LogP contribution in [0.4, 0.5) is 27.5 Å². The molecule has 4 N–H and O–H groups in total. The summed E-state index contributed by atoms with van der Waals surface area (Å²) in [4.78, 5) is 110. The minimum Gasteiger partial charge on any atom is -0.493 e. The van der Waals surface area contributed by atoms with E-state index in [1.807, 2.05) is 37.4 Å². The molecule has 1 saturated heterocycles. The summed E-state index contributed by atoms with van der Waals surface area (Å²) < 4.78 is 42.6. The molecule has 0 saturated carbocycles. The zero-order valence-electron chi connectivity index (χ0n) is 62.7. The van der Waals surface area contributed by atoms with Gasteiger partial charge in [-0.15, -0.1) is 0 Å². The first-order valence-corrected chi connectivity index (χ1v) is 44.1. The fraction of sp³-hybridized carbons (Fsp3) is 0.420. The first-order valence-electron chi connectivity index (χ1n) is 36.7. The summed E-state index contributed by atoms with van der Waals surface area (Å²) in [6, 6.07) is 37.4. The molecule has 5 atom stereocenters. The number of ether oxygens (including phenoxy) is 7. The minimum atomic E-state index is -1.55. The first kappa shape index (κ1) is 75.9. The van der Waals surface area contributed by atoms with Crippen LogP contribution < -0.4 is 50.0 Å². The summed E-state index contributed by atoms with van der Waals surface area (Å²) in [6.45, 7) is 21.6. The Kier molecular flexibility index (Phi) is 23.3. The van der Waals surface area contributed by atoms with Crippen molar-refractivity contribution in [3.05, 3.63) is 167 Å². The normalized spacial score (nSPS) is 18.1. The van der Waals surface area contributed by atoms with Gasteiger partial charge in [0.25, 0.3) is 29.5 Å². The van der Waals surface area contributed by atoms with Gasteiger partial charge >= 0.3 is 6.09 Å². The molecule has 106 heavy (non-hydrogen) atoms. The lowest BCUT2D eigenvalue weighted by molar-refractivity contribution is -0.134. The highest BCUT2D eigenvalue weighted by Crippen LogP contribution is 2.48. The third-order valence-corrected chi connectivity index (χ3v) is 24.2. The fourth-order valence-electron chi connectivity index (χ4n) is 14.5. The number of benzene rings is 6. The SMILES string of the molecule is COc1cc2c(cc1OCCCOc1cc3c(cc1OC)C(=O)N1C=C(c4ccc(N5CCN(C)CC5)cc4)C[C@H]1C(=O)N3COCC[Si](C)(C)C)N(COCC[Si](C)(C)C)C(=O)[C@@H]1CC(c3ccc(NC(=O)[C@H](C)NC(=O)[C@@H](OC(N)=O)C(C)CCC4c5ccccc5-c5ccccc54)cc3)=CN1C2=O. The number of likely N-dealkylation sites (N-methyl/N-ethyl adjacent to an activating group) is 1. The summed E-state index contributed by atoms with van der Waals surface area (Å²) in [6.07, 6.45) is 3.18. The smallest absolute Gasteiger partial charge is 0.405 e. The Hall–Kier alpha value is -9.80. The lowest BCUT2D eigenvalue weighted by Gasteiger charge is -2.34. The summed E-state index contributed by atoms with van der Waals surface area (Å²) in [7, 11) is 2.06. The quantitative estimate of drug-likeness (QED) is 0.0280. The number of nitrogens with two attached hydrogens (primary N) is 1. The predicted octanol–water partition coefficient (Wildman–Crippen LogP) is 12.3. The molecule has 0 radical (unpaired) electrons. The summed E-state index contributed by atoms with van der Waals surface area (Å²) >= 11 is 0. The third-order valence-electron chi connectivity index (χ3n) is 20.8. The van der Waals surface area contributed by atoms with E-state index in [4.69, 9.17) is 38.9 Å². The average molecular weight is 1480 g/mol. The van der Waals surface area contributed by atoms with Crippen LogP contribution in [-0.2, 0) is 33.4 Å². The van der Waals surface area contributed by atoms with Gasteiger partial charge in [-0.25, -0.2) is 4.79 Å². The van der Waals surface area contributed by atoms with Crippen molar-refractivity contribution in [1.82, 2.24) is 20.0 Å². The van der Waals surface area contributed by atoms with E-state index in [-0.39, 0.29) is 79.4 Å². The van der Waals surface area contributed by atoms with Crippen LogP contribution in [0.3, 0.4) is 0 Å². The largest absolute Gasteiger partial charge is 0.493 e. The van der Waals surface area contributed by atoms with Gasteiger partial charge in [0.1, 0.15) is 31.6 Å². The Morgan fingerprint density at radius 1 is 0.575 bits per heavy atom.